The Balaban J connectivity index is 2.53. The Morgan fingerprint density at radius 1 is 1.47 bits per heavy atom. The molecule has 0 bridgehead atoms. The molecule has 0 heterocycles. The molecule has 0 spiro atoms. The second-order valence-corrected chi connectivity index (χ2v) is 5.66. The van der Waals surface area contributed by atoms with Gasteiger partial charge in [0.2, 0.25) is 5.91 Å². The predicted octanol–water partition coefficient (Wildman–Crippen LogP) is 2.25. The first kappa shape index (κ1) is 14.2. The van der Waals surface area contributed by atoms with Gasteiger partial charge < -0.3 is 10.4 Å². The molecule has 1 amide bonds. The maximum atomic E-state index is 11.6. The Morgan fingerprint density at radius 2 is 2.12 bits per heavy atom. The van der Waals surface area contributed by atoms with Crippen molar-refractivity contribution in [2.75, 3.05) is 0 Å². The molecule has 1 rings (SSSR count). The van der Waals surface area contributed by atoms with Gasteiger partial charge in [0.1, 0.15) is 0 Å². The van der Waals surface area contributed by atoms with E-state index < -0.39 is 6.10 Å². The second kappa shape index (κ2) is 6.20. The summed E-state index contributed by atoms with van der Waals surface area (Å²) in [6, 6.07) is -0.0852. The molecule has 98 valence electrons. The van der Waals surface area contributed by atoms with Crippen LogP contribution in [0.1, 0.15) is 46.5 Å². The lowest BCUT2D eigenvalue weighted by Gasteiger charge is -2.24. The zero-order valence-electron chi connectivity index (χ0n) is 11.2. The van der Waals surface area contributed by atoms with E-state index in [1.54, 1.807) is 6.92 Å². The number of carbonyl (C=O) groups is 1. The number of hydrogen-bond acceptors (Lipinski definition) is 2. The van der Waals surface area contributed by atoms with Gasteiger partial charge in [0.25, 0.3) is 0 Å². The van der Waals surface area contributed by atoms with Gasteiger partial charge >= 0.3 is 0 Å². The third kappa shape index (κ3) is 4.15. The van der Waals surface area contributed by atoms with Crippen molar-refractivity contribution in [2.24, 2.45) is 11.8 Å². The minimum absolute atomic E-state index is 0.0852. The summed E-state index contributed by atoms with van der Waals surface area (Å²) in [6.07, 6.45) is 3.64. The van der Waals surface area contributed by atoms with Gasteiger partial charge in [-0.05, 0) is 38.0 Å². The first-order valence-electron chi connectivity index (χ1n) is 6.56. The van der Waals surface area contributed by atoms with E-state index >= 15 is 0 Å². The van der Waals surface area contributed by atoms with Crippen molar-refractivity contribution >= 4 is 5.91 Å². The van der Waals surface area contributed by atoms with Gasteiger partial charge in [-0.25, -0.2) is 0 Å². The summed E-state index contributed by atoms with van der Waals surface area (Å²) in [5, 5.41) is 12.8. The van der Waals surface area contributed by atoms with Crippen molar-refractivity contribution in [3.8, 4) is 0 Å². The smallest absolute Gasteiger partial charge is 0.246 e. The first-order chi connectivity index (χ1) is 7.91. The molecule has 1 aliphatic rings. The molecule has 1 fully saturated rings. The van der Waals surface area contributed by atoms with Crippen LogP contribution in [-0.4, -0.2) is 23.2 Å². The highest BCUT2D eigenvalue weighted by molar-refractivity contribution is 5.92. The van der Waals surface area contributed by atoms with E-state index in [1.807, 2.05) is 0 Å². The number of aliphatic hydroxyl groups excluding tert-OH is 1. The third-order valence-electron chi connectivity index (χ3n) is 3.56. The van der Waals surface area contributed by atoms with Crippen LogP contribution in [0.25, 0.3) is 0 Å². The van der Waals surface area contributed by atoms with Crippen molar-refractivity contribution in [1.82, 2.24) is 5.32 Å². The number of amides is 1. The summed E-state index contributed by atoms with van der Waals surface area (Å²) in [5.41, 5.74) is 0.506. The lowest BCUT2D eigenvalue weighted by molar-refractivity contribution is -0.119. The summed E-state index contributed by atoms with van der Waals surface area (Å²) < 4.78 is 0. The topological polar surface area (TPSA) is 49.3 Å². The minimum atomic E-state index is -0.393. The van der Waals surface area contributed by atoms with Crippen molar-refractivity contribution < 1.29 is 9.90 Å². The van der Waals surface area contributed by atoms with Crippen molar-refractivity contribution in [1.29, 1.82) is 0 Å². The van der Waals surface area contributed by atoms with Gasteiger partial charge in [-0.3, -0.25) is 4.79 Å². The van der Waals surface area contributed by atoms with Crippen LogP contribution in [0.15, 0.2) is 12.2 Å². The number of nitrogens with one attached hydrogen (secondary N) is 1. The maximum absolute atomic E-state index is 11.6. The lowest BCUT2D eigenvalue weighted by atomic mass is 9.93. The molecule has 0 aromatic carbocycles. The minimum Gasteiger partial charge on any atom is -0.391 e. The fourth-order valence-corrected chi connectivity index (χ4v) is 2.42. The van der Waals surface area contributed by atoms with Gasteiger partial charge in [-0.1, -0.05) is 26.8 Å². The number of rotatable bonds is 5. The molecule has 0 aromatic heterocycles. The normalized spacial score (nSPS) is 28.4. The highest BCUT2D eigenvalue weighted by Gasteiger charge is 2.35. The van der Waals surface area contributed by atoms with E-state index in [-0.39, 0.29) is 11.9 Å². The van der Waals surface area contributed by atoms with Gasteiger partial charge in [0.05, 0.1) is 12.1 Å². The summed E-state index contributed by atoms with van der Waals surface area (Å²) in [5.74, 6) is 0.950. The van der Waals surface area contributed by atoms with Gasteiger partial charge in [0, 0.05) is 5.57 Å². The molecule has 1 saturated carbocycles. The summed E-state index contributed by atoms with van der Waals surface area (Å²) in [7, 11) is 0. The molecule has 0 aromatic rings. The Labute approximate surface area is 104 Å². The lowest BCUT2D eigenvalue weighted by Crippen LogP contribution is -2.44. The summed E-state index contributed by atoms with van der Waals surface area (Å²) in [6.45, 7) is 9.72. The standard InChI is InChI=1S/C14H25NO2/c1-9(2)5-6-11-7-8-12(16)13(11)15-14(17)10(3)4/h9,11-13,16H,3,5-8H2,1-2,4H3,(H,15,17). The van der Waals surface area contributed by atoms with E-state index in [0.29, 0.717) is 17.4 Å². The van der Waals surface area contributed by atoms with Gasteiger partial charge in [-0.15, -0.1) is 0 Å². The average molecular weight is 239 g/mol. The molecule has 2 N–H and O–H groups in total. The SMILES string of the molecule is C=C(C)C(=O)NC1C(O)CCC1CCC(C)C. The number of carbonyl (C=O) groups excluding carboxylic acids is 1. The predicted molar refractivity (Wildman–Crippen MR) is 69.5 cm³/mol. The van der Waals surface area contributed by atoms with E-state index in [1.165, 1.54) is 0 Å². The van der Waals surface area contributed by atoms with Crippen molar-refractivity contribution in [3.63, 3.8) is 0 Å². The van der Waals surface area contributed by atoms with Crippen LogP contribution < -0.4 is 5.32 Å². The van der Waals surface area contributed by atoms with E-state index in [9.17, 15) is 9.90 Å². The highest BCUT2D eigenvalue weighted by atomic mass is 16.3. The van der Waals surface area contributed by atoms with Gasteiger partial charge in [0.15, 0.2) is 0 Å². The van der Waals surface area contributed by atoms with E-state index in [4.69, 9.17) is 0 Å². The Kier molecular flexibility index (Phi) is 5.19. The summed E-state index contributed by atoms with van der Waals surface area (Å²) >= 11 is 0. The zero-order chi connectivity index (χ0) is 13.0. The van der Waals surface area contributed by atoms with Crippen molar-refractivity contribution in [2.45, 2.75) is 58.6 Å². The van der Waals surface area contributed by atoms with Crippen LogP contribution in [0, 0.1) is 11.8 Å². The fourth-order valence-electron chi connectivity index (χ4n) is 2.42. The van der Waals surface area contributed by atoms with Gasteiger partial charge in [-0.2, -0.15) is 0 Å². The Morgan fingerprint density at radius 3 is 2.65 bits per heavy atom. The highest BCUT2D eigenvalue weighted by Crippen LogP contribution is 2.31. The monoisotopic (exact) mass is 239 g/mol. The van der Waals surface area contributed by atoms with Crippen LogP contribution in [0.3, 0.4) is 0 Å². The largest absolute Gasteiger partial charge is 0.391 e. The molecule has 3 heteroatoms. The Hall–Kier alpha value is -0.830. The van der Waals surface area contributed by atoms with Crippen LogP contribution >= 0.6 is 0 Å². The van der Waals surface area contributed by atoms with Crippen LogP contribution in [-0.2, 0) is 4.79 Å². The first-order valence-corrected chi connectivity index (χ1v) is 6.56. The molecule has 17 heavy (non-hydrogen) atoms. The quantitative estimate of drug-likeness (QED) is 0.723. The molecule has 3 nitrogen and oxygen atoms in total. The second-order valence-electron chi connectivity index (χ2n) is 5.66. The number of aliphatic hydroxyl groups is 1. The van der Waals surface area contributed by atoms with Crippen LogP contribution in [0.5, 0.6) is 0 Å². The molecule has 1 aliphatic carbocycles. The van der Waals surface area contributed by atoms with Crippen molar-refractivity contribution in [3.05, 3.63) is 12.2 Å². The molecule has 0 saturated heterocycles. The third-order valence-corrected chi connectivity index (χ3v) is 3.56. The zero-order valence-corrected chi connectivity index (χ0v) is 11.2. The van der Waals surface area contributed by atoms with E-state index in [0.717, 1.165) is 25.7 Å². The van der Waals surface area contributed by atoms with E-state index in [2.05, 4.69) is 25.7 Å². The molecular weight excluding hydrogens is 214 g/mol. The average Bonchev–Trinajstić information content (AvgIpc) is 2.57. The molecule has 3 unspecified atom stereocenters. The van der Waals surface area contributed by atoms with Crippen LogP contribution in [0.2, 0.25) is 0 Å². The fraction of sp³-hybridized carbons (Fsp3) is 0.786. The number of hydrogen-bond donors (Lipinski definition) is 2. The summed E-state index contributed by atoms with van der Waals surface area (Å²) in [4.78, 5) is 11.6. The molecule has 3 atom stereocenters. The maximum Gasteiger partial charge on any atom is 0.246 e. The molecular formula is C14H25NO2. The Bertz CT molecular complexity index is 286. The molecule has 0 aliphatic heterocycles. The molecule has 0 radical (unpaired) electrons. The van der Waals surface area contributed by atoms with Crippen LogP contribution in [0.4, 0.5) is 0 Å².